The standard InChI is InChI=1S/C19H26O7/c1-4-24-17(21)13-8-11-7-12(10-13)16(20)14(9-11)15(18(22)25-5-2)19(23)26-6-3/h9,11-13,15H,4-8,10H2,1-3H3. The van der Waals surface area contributed by atoms with E-state index in [1.165, 1.54) is 0 Å². The van der Waals surface area contributed by atoms with Gasteiger partial charge in [-0.05, 0) is 46.0 Å². The molecule has 2 rings (SSSR count). The van der Waals surface area contributed by atoms with Gasteiger partial charge in [-0.1, -0.05) is 6.08 Å². The lowest BCUT2D eigenvalue weighted by molar-refractivity contribution is -0.161. The molecule has 0 aromatic rings. The van der Waals surface area contributed by atoms with Crippen LogP contribution in [0.3, 0.4) is 0 Å². The van der Waals surface area contributed by atoms with E-state index in [2.05, 4.69) is 0 Å². The second-order valence-corrected chi connectivity index (χ2v) is 6.54. The molecule has 2 bridgehead atoms. The molecule has 144 valence electrons. The van der Waals surface area contributed by atoms with E-state index in [-0.39, 0.29) is 42.4 Å². The Morgan fingerprint density at radius 3 is 2.08 bits per heavy atom. The Morgan fingerprint density at radius 2 is 1.54 bits per heavy atom. The molecule has 7 heteroatoms. The Labute approximate surface area is 153 Å². The number of carbonyl (C=O) groups excluding carboxylic acids is 4. The van der Waals surface area contributed by atoms with Crippen molar-refractivity contribution in [1.29, 1.82) is 0 Å². The van der Waals surface area contributed by atoms with Crippen LogP contribution in [-0.4, -0.2) is 43.5 Å². The van der Waals surface area contributed by atoms with Gasteiger partial charge in [0.15, 0.2) is 11.7 Å². The maximum Gasteiger partial charge on any atom is 0.325 e. The molecule has 0 radical (unpaired) electrons. The Balaban J connectivity index is 2.27. The molecule has 0 N–H and O–H groups in total. The van der Waals surface area contributed by atoms with E-state index in [1.807, 2.05) is 0 Å². The van der Waals surface area contributed by atoms with Crippen molar-refractivity contribution in [3.8, 4) is 0 Å². The molecule has 1 fully saturated rings. The predicted molar refractivity (Wildman–Crippen MR) is 90.8 cm³/mol. The van der Waals surface area contributed by atoms with E-state index in [9.17, 15) is 19.2 Å². The Hall–Kier alpha value is -2.18. The van der Waals surface area contributed by atoms with Gasteiger partial charge in [-0.15, -0.1) is 0 Å². The SMILES string of the molecule is CCOC(=O)C1CC2C=C(C(C(=O)OCC)C(=O)OCC)C(=O)C(C2)C1. The third kappa shape index (κ3) is 4.31. The number of ether oxygens (including phenoxy) is 3. The highest BCUT2D eigenvalue weighted by molar-refractivity contribution is 6.11. The van der Waals surface area contributed by atoms with E-state index >= 15 is 0 Å². The summed E-state index contributed by atoms with van der Waals surface area (Å²) in [4.78, 5) is 49.5. The summed E-state index contributed by atoms with van der Waals surface area (Å²) in [7, 11) is 0. The number of allylic oxidation sites excluding steroid dienone is 1. The minimum atomic E-state index is -1.35. The highest BCUT2D eigenvalue weighted by Crippen LogP contribution is 2.42. The number of fused-ring (bicyclic) bond motifs is 2. The summed E-state index contributed by atoms with van der Waals surface area (Å²) in [6, 6.07) is 0. The topological polar surface area (TPSA) is 96.0 Å². The fraction of sp³-hybridized carbons (Fsp3) is 0.684. The van der Waals surface area contributed by atoms with Crippen LogP contribution in [0, 0.1) is 23.7 Å². The summed E-state index contributed by atoms with van der Waals surface area (Å²) < 4.78 is 15.0. The fourth-order valence-electron chi connectivity index (χ4n) is 3.78. The molecule has 0 aromatic heterocycles. The fourth-order valence-corrected chi connectivity index (χ4v) is 3.78. The van der Waals surface area contributed by atoms with E-state index in [0.29, 0.717) is 25.9 Å². The summed E-state index contributed by atoms with van der Waals surface area (Å²) >= 11 is 0. The monoisotopic (exact) mass is 366 g/mol. The summed E-state index contributed by atoms with van der Waals surface area (Å²) in [5.41, 5.74) is 0.144. The molecular formula is C19H26O7. The van der Waals surface area contributed by atoms with Crippen LogP contribution in [0.25, 0.3) is 0 Å². The molecule has 3 unspecified atom stereocenters. The average molecular weight is 366 g/mol. The number of ketones is 1. The van der Waals surface area contributed by atoms with Crippen molar-refractivity contribution in [2.75, 3.05) is 19.8 Å². The Kier molecular flexibility index (Phi) is 6.94. The molecule has 2 aliphatic rings. The second kappa shape index (κ2) is 8.96. The molecule has 0 heterocycles. The first-order valence-electron chi connectivity index (χ1n) is 9.18. The molecule has 2 aliphatic carbocycles. The largest absolute Gasteiger partial charge is 0.466 e. The van der Waals surface area contributed by atoms with Gasteiger partial charge in [0.05, 0.1) is 25.7 Å². The zero-order chi connectivity index (χ0) is 19.3. The number of carbonyl (C=O) groups is 4. The first kappa shape index (κ1) is 20.1. The minimum absolute atomic E-state index is 0.0535. The molecular weight excluding hydrogens is 340 g/mol. The van der Waals surface area contributed by atoms with Gasteiger partial charge in [0.2, 0.25) is 0 Å². The quantitative estimate of drug-likeness (QED) is 0.385. The van der Waals surface area contributed by atoms with Crippen LogP contribution in [0.15, 0.2) is 11.6 Å². The van der Waals surface area contributed by atoms with Gasteiger partial charge in [0.1, 0.15) is 0 Å². The first-order chi connectivity index (χ1) is 12.4. The van der Waals surface area contributed by atoms with Crippen molar-refractivity contribution >= 4 is 23.7 Å². The number of Topliss-reactive ketones (excluding diaryl/α,β-unsaturated/α-hetero) is 1. The molecule has 3 atom stereocenters. The molecule has 0 amide bonds. The van der Waals surface area contributed by atoms with Crippen LogP contribution in [0.5, 0.6) is 0 Å². The van der Waals surface area contributed by atoms with Crippen molar-refractivity contribution in [2.45, 2.75) is 40.0 Å². The third-order valence-corrected chi connectivity index (χ3v) is 4.79. The zero-order valence-corrected chi connectivity index (χ0v) is 15.5. The molecule has 26 heavy (non-hydrogen) atoms. The molecule has 1 saturated carbocycles. The molecule has 0 aromatic carbocycles. The number of hydrogen-bond donors (Lipinski definition) is 0. The van der Waals surface area contributed by atoms with Crippen LogP contribution >= 0.6 is 0 Å². The van der Waals surface area contributed by atoms with Gasteiger partial charge < -0.3 is 14.2 Å². The van der Waals surface area contributed by atoms with Gasteiger partial charge in [-0.25, -0.2) is 0 Å². The molecule has 0 spiro atoms. The highest BCUT2D eigenvalue weighted by atomic mass is 16.6. The van der Waals surface area contributed by atoms with Crippen molar-refractivity contribution in [1.82, 2.24) is 0 Å². The van der Waals surface area contributed by atoms with Crippen LogP contribution in [0.4, 0.5) is 0 Å². The van der Waals surface area contributed by atoms with Crippen molar-refractivity contribution in [2.24, 2.45) is 23.7 Å². The molecule has 0 aliphatic heterocycles. The van der Waals surface area contributed by atoms with E-state index in [4.69, 9.17) is 14.2 Å². The maximum atomic E-state index is 12.9. The van der Waals surface area contributed by atoms with Crippen LogP contribution in [0.2, 0.25) is 0 Å². The maximum absolute atomic E-state index is 12.9. The highest BCUT2D eigenvalue weighted by Gasteiger charge is 2.46. The summed E-state index contributed by atoms with van der Waals surface area (Å²) in [5, 5.41) is 0. The van der Waals surface area contributed by atoms with Crippen LogP contribution in [0.1, 0.15) is 40.0 Å². The summed E-state index contributed by atoms with van der Waals surface area (Å²) in [6.07, 6.45) is 3.20. The van der Waals surface area contributed by atoms with Crippen LogP contribution < -0.4 is 0 Å². The van der Waals surface area contributed by atoms with E-state index < -0.39 is 23.8 Å². The molecule has 0 saturated heterocycles. The Bertz CT molecular complexity index is 589. The first-order valence-corrected chi connectivity index (χ1v) is 9.18. The van der Waals surface area contributed by atoms with Gasteiger partial charge >= 0.3 is 17.9 Å². The number of hydrogen-bond acceptors (Lipinski definition) is 7. The van der Waals surface area contributed by atoms with Gasteiger partial charge in [0.25, 0.3) is 0 Å². The predicted octanol–water partition coefficient (Wildman–Crippen LogP) is 1.83. The molecule has 7 nitrogen and oxygen atoms in total. The van der Waals surface area contributed by atoms with Crippen LogP contribution in [-0.2, 0) is 33.4 Å². The normalized spacial score (nSPS) is 24.7. The lowest BCUT2D eigenvalue weighted by Gasteiger charge is -2.37. The number of esters is 3. The second-order valence-electron chi connectivity index (χ2n) is 6.54. The van der Waals surface area contributed by atoms with Gasteiger partial charge in [-0.2, -0.15) is 0 Å². The van der Waals surface area contributed by atoms with E-state index in [0.717, 1.165) is 0 Å². The van der Waals surface area contributed by atoms with E-state index in [1.54, 1.807) is 26.8 Å². The van der Waals surface area contributed by atoms with Gasteiger partial charge in [0, 0.05) is 11.5 Å². The van der Waals surface area contributed by atoms with Crippen molar-refractivity contribution < 1.29 is 33.4 Å². The Morgan fingerprint density at radius 1 is 0.962 bits per heavy atom. The summed E-state index contributed by atoms with van der Waals surface area (Å²) in [6.45, 7) is 5.52. The van der Waals surface area contributed by atoms with Crippen molar-refractivity contribution in [3.63, 3.8) is 0 Å². The smallest absolute Gasteiger partial charge is 0.325 e. The van der Waals surface area contributed by atoms with Gasteiger partial charge in [-0.3, -0.25) is 19.2 Å². The number of rotatable bonds is 7. The third-order valence-electron chi connectivity index (χ3n) is 4.79. The van der Waals surface area contributed by atoms with Crippen molar-refractivity contribution in [3.05, 3.63) is 11.6 Å². The minimum Gasteiger partial charge on any atom is -0.466 e. The summed E-state index contributed by atoms with van der Waals surface area (Å²) in [5.74, 6) is -4.24. The lowest BCUT2D eigenvalue weighted by atomic mass is 9.66. The lowest BCUT2D eigenvalue weighted by Crippen LogP contribution is -2.41. The zero-order valence-electron chi connectivity index (χ0n) is 15.5. The average Bonchev–Trinajstić information content (AvgIpc) is 2.60.